The van der Waals surface area contributed by atoms with E-state index < -0.39 is 5.60 Å². The van der Waals surface area contributed by atoms with E-state index in [0.29, 0.717) is 24.8 Å². The zero-order valence-corrected chi connectivity index (χ0v) is 23.3. The number of benzene rings is 1. The van der Waals surface area contributed by atoms with Gasteiger partial charge in [0.2, 0.25) is 0 Å². The third-order valence-electron chi connectivity index (χ3n) is 6.76. The minimum atomic E-state index is -0.487. The van der Waals surface area contributed by atoms with Crippen LogP contribution < -0.4 is 5.32 Å². The smallest absolute Gasteiger partial charge is 0.410 e. The highest BCUT2D eigenvalue weighted by molar-refractivity contribution is 5.75. The van der Waals surface area contributed by atoms with Gasteiger partial charge in [0.05, 0.1) is 17.5 Å². The summed E-state index contributed by atoms with van der Waals surface area (Å²) in [6.07, 6.45) is 9.16. The highest BCUT2D eigenvalue weighted by Gasteiger charge is 2.27. The minimum Gasteiger partial charge on any atom is -0.444 e. The summed E-state index contributed by atoms with van der Waals surface area (Å²) in [5.74, 6) is 1.80. The van der Waals surface area contributed by atoms with Crippen molar-refractivity contribution in [3.8, 4) is 33.8 Å². The molecule has 0 radical (unpaired) electrons. The van der Waals surface area contributed by atoms with E-state index in [1.54, 1.807) is 14.3 Å². The molecule has 10 heteroatoms. The molecule has 1 N–H and O–H groups in total. The van der Waals surface area contributed by atoms with Gasteiger partial charge in [0.25, 0.3) is 0 Å². The Hall–Kier alpha value is -4.21. The number of ether oxygens (including phenoxy) is 1. The maximum atomic E-state index is 12.4. The summed E-state index contributed by atoms with van der Waals surface area (Å²) >= 11 is 0. The van der Waals surface area contributed by atoms with Gasteiger partial charge in [-0.1, -0.05) is 18.2 Å². The molecule has 1 saturated heterocycles. The highest BCUT2D eigenvalue weighted by Crippen LogP contribution is 2.30. The van der Waals surface area contributed by atoms with E-state index in [9.17, 15) is 4.79 Å². The number of hydrogen-bond acceptors (Lipinski definition) is 7. The van der Waals surface area contributed by atoms with Gasteiger partial charge < -0.3 is 15.0 Å². The molecule has 204 valence electrons. The van der Waals surface area contributed by atoms with Crippen molar-refractivity contribution in [1.82, 2.24) is 34.4 Å². The molecule has 4 aromatic rings. The molecular formula is C29H36N8O2. The topological polar surface area (TPSA) is 103 Å². The molecular weight excluding hydrogens is 492 g/mol. The number of aromatic nitrogens is 6. The molecule has 1 aliphatic rings. The molecule has 3 aromatic heterocycles. The van der Waals surface area contributed by atoms with Gasteiger partial charge in [-0.3, -0.25) is 9.36 Å². The Morgan fingerprint density at radius 1 is 1.05 bits per heavy atom. The fourth-order valence-corrected chi connectivity index (χ4v) is 4.70. The zero-order valence-electron chi connectivity index (χ0n) is 23.3. The van der Waals surface area contributed by atoms with Crippen LogP contribution in [0.4, 0.5) is 10.6 Å². The lowest BCUT2D eigenvalue weighted by Crippen LogP contribution is -2.42. The second-order valence-corrected chi connectivity index (χ2v) is 11.1. The Kier molecular flexibility index (Phi) is 7.36. The van der Waals surface area contributed by atoms with Gasteiger partial charge in [0.1, 0.15) is 11.4 Å². The number of anilines is 1. The summed E-state index contributed by atoms with van der Waals surface area (Å²) in [7, 11) is 3.81. The number of piperidine rings is 1. The predicted octanol–water partition coefficient (Wildman–Crippen LogP) is 5.00. The number of carbonyl (C=O) groups excluding carboxylic acids is 1. The molecule has 1 aromatic carbocycles. The van der Waals surface area contributed by atoms with Crippen LogP contribution in [0.5, 0.6) is 0 Å². The number of amides is 1. The van der Waals surface area contributed by atoms with Gasteiger partial charge in [-0.05, 0) is 57.2 Å². The van der Waals surface area contributed by atoms with Crippen LogP contribution in [-0.2, 0) is 18.8 Å². The Bertz CT molecular complexity index is 1440. The fraction of sp³-hybridized carbons (Fsp3) is 0.414. The van der Waals surface area contributed by atoms with Crippen LogP contribution >= 0.6 is 0 Å². The van der Waals surface area contributed by atoms with Crippen LogP contribution in [-0.4, -0.2) is 65.8 Å². The lowest BCUT2D eigenvalue weighted by molar-refractivity contribution is 0.0188. The number of nitrogens with one attached hydrogen (secondary N) is 1. The van der Waals surface area contributed by atoms with Crippen molar-refractivity contribution < 1.29 is 9.53 Å². The third-order valence-corrected chi connectivity index (χ3v) is 6.76. The molecule has 0 spiro atoms. The van der Waals surface area contributed by atoms with E-state index in [-0.39, 0.29) is 6.09 Å². The lowest BCUT2D eigenvalue weighted by Gasteiger charge is -2.33. The number of nitrogens with zero attached hydrogens (tertiary/aromatic N) is 7. The van der Waals surface area contributed by atoms with Crippen molar-refractivity contribution >= 4 is 11.9 Å². The van der Waals surface area contributed by atoms with Crippen LogP contribution in [0.25, 0.3) is 33.8 Å². The maximum absolute atomic E-state index is 12.4. The molecule has 0 bridgehead atoms. The third kappa shape index (κ3) is 6.45. The quantitative estimate of drug-likeness (QED) is 0.375. The number of carbonyl (C=O) groups is 1. The molecule has 39 heavy (non-hydrogen) atoms. The number of rotatable bonds is 6. The van der Waals surface area contributed by atoms with Crippen molar-refractivity contribution in [2.24, 2.45) is 20.0 Å². The summed E-state index contributed by atoms with van der Waals surface area (Å²) in [6, 6.07) is 10.1. The molecule has 0 unspecified atom stereocenters. The molecule has 4 heterocycles. The normalized spacial score (nSPS) is 14.4. The van der Waals surface area contributed by atoms with Gasteiger partial charge in [0.15, 0.2) is 5.82 Å². The van der Waals surface area contributed by atoms with Gasteiger partial charge in [-0.2, -0.15) is 10.2 Å². The van der Waals surface area contributed by atoms with Crippen LogP contribution in [0, 0.1) is 5.92 Å². The SMILES string of the molecule is Cn1cc(-c2cccc(-c3ncc(-c4ccn(C)n4)c(NCC4CCN(C(=O)OC(C)(C)C)CC4)n3)c2)cn1. The van der Waals surface area contributed by atoms with Crippen molar-refractivity contribution in [3.05, 3.63) is 55.1 Å². The first-order valence-electron chi connectivity index (χ1n) is 13.3. The molecule has 1 fully saturated rings. The van der Waals surface area contributed by atoms with Gasteiger partial charge >= 0.3 is 6.09 Å². The number of aryl methyl sites for hydroxylation is 2. The summed E-state index contributed by atoms with van der Waals surface area (Å²) in [6.45, 7) is 7.80. The maximum Gasteiger partial charge on any atom is 0.410 e. The first kappa shape index (κ1) is 26.4. The monoisotopic (exact) mass is 528 g/mol. The molecule has 1 aliphatic heterocycles. The molecule has 0 saturated carbocycles. The Labute approximate surface area is 229 Å². The van der Waals surface area contributed by atoms with Crippen molar-refractivity contribution in [3.63, 3.8) is 0 Å². The van der Waals surface area contributed by atoms with E-state index >= 15 is 0 Å². The first-order valence-corrected chi connectivity index (χ1v) is 13.3. The van der Waals surface area contributed by atoms with Crippen molar-refractivity contribution in [2.75, 3.05) is 25.0 Å². The van der Waals surface area contributed by atoms with E-state index in [2.05, 4.69) is 27.6 Å². The molecule has 10 nitrogen and oxygen atoms in total. The standard InChI is InChI=1S/C29H36N8O2/c1-29(2,3)39-28(38)37-13-9-20(10-14-37)16-30-27-24(25-11-12-35(4)34-25)18-31-26(33-27)22-8-6-7-21(15-22)23-17-32-36(5)19-23/h6-8,11-12,15,17-20H,9-10,13-14,16H2,1-5H3,(H,30,31,33). The van der Waals surface area contributed by atoms with Crippen molar-refractivity contribution in [2.45, 2.75) is 39.2 Å². The van der Waals surface area contributed by atoms with Crippen LogP contribution in [0.3, 0.4) is 0 Å². The Morgan fingerprint density at radius 3 is 2.49 bits per heavy atom. The van der Waals surface area contributed by atoms with Crippen LogP contribution in [0.1, 0.15) is 33.6 Å². The largest absolute Gasteiger partial charge is 0.444 e. The summed E-state index contributed by atoms with van der Waals surface area (Å²) < 4.78 is 9.11. The van der Waals surface area contributed by atoms with Crippen molar-refractivity contribution in [1.29, 1.82) is 0 Å². The van der Waals surface area contributed by atoms with Crippen LogP contribution in [0.2, 0.25) is 0 Å². The molecule has 1 amide bonds. The second kappa shape index (κ2) is 10.9. The summed E-state index contributed by atoms with van der Waals surface area (Å²) in [5, 5.41) is 12.5. The van der Waals surface area contributed by atoms with Gasteiger partial charge in [-0.25, -0.2) is 14.8 Å². The lowest BCUT2D eigenvalue weighted by atomic mass is 9.97. The summed E-state index contributed by atoms with van der Waals surface area (Å²) in [4.78, 5) is 23.9. The predicted molar refractivity (Wildman–Crippen MR) is 151 cm³/mol. The van der Waals surface area contributed by atoms with Gasteiger partial charge in [0, 0.05) is 63.4 Å². The zero-order chi connectivity index (χ0) is 27.6. The summed E-state index contributed by atoms with van der Waals surface area (Å²) in [5.41, 5.74) is 4.21. The first-order chi connectivity index (χ1) is 18.6. The average Bonchev–Trinajstić information content (AvgIpc) is 3.55. The van der Waals surface area contributed by atoms with E-state index in [0.717, 1.165) is 53.2 Å². The Balaban J connectivity index is 1.33. The molecule has 5 rings (SSSR count). The highest BCUT2D eigenvalue weighted by atomic mass is 16.6. The second-order valence-electron chi connectivity index (χ2n) is 11.1. The van der Waals surface area contributed by atoms with E-state index in [4.69, 9.17) is 14.7 Å². The fourth-order valence-electron chi connectivity index (χ4n) is 4.70. The van der Waals surface area contributed by atoms with Crippen LogP contribution in [0.15, 0.2) is 55.1 Å². The number of likely N-dealkylation sites (tertiary alicyclic amines) is 1. The van der Waals surface area contributed by atoms with E-state index in [1.807, 2.05) is 77.9 Å². The average molecular weight is 529 g/mol. The minimum absolute atomic E-state index is 0.236. The van der Waals surface area contributed by atoms with E-state index in [1.165, 1.54) is 0 Å². The number of hydrogen-bond donors (Lipinski definition) is 1. The van der Waals surface area contributed by atoms with Gasteiger partial charge in [-0.15, -0.1) is 0 Å². The molecule has 0 atom stereocenters. The molecule has 0 aliphatic carbocycles. The Morgan fingerprint density at radius 2 is 1.82 bits per heavy atom.